The Hall–Kier alpha value is -2.65. The van der Waals surface area contributed by atoms with Gasteiger partial charge in [-0.3, -0.25) is 0 Å². The molecular weight excluding hydrogens is 641 g/mol. The van der Waals surface area contributed by atoms with Crippen molar-refractivity contribution in [1.29, 1.82) is 0 Å². The van der Waals surface area contributed by atoms with Gasteiger partial charge in [0, 0.05) is 11.5 Å². The second-order valence-electron chi connectivity index (χ2n) is 8.98. The van der Waals surface area contributed by atoms with E-state index in [0.717, 1.165) is 0 Å². The van der Waals surface area contributed by atoms with Gasteiger partial charge < -0.3 is 14.6 Å². The van der Waals surface area contributed by atoms with Crippen molar-refractivity contribution >= 4 is 11.9 Å². The molecule has 242 valence electrons. The van der Waals surface area contributed by atoms with Gasteiger partial charge in [-0.15, -0.1) is 0 Å². The molecule has 41 heavy (non-hydrogen) atoms. The maximum Gasteiger partial charge on any atom is 0.460 e. The number of esters is 1. The number of carbonyl (C=O) groups is 2. The predicted octanol–water partition coefficient (Wildman–Crippen LogP) is 5.90. The highest BCUT2D eigenvalue weighted by atomic mass is 19.4. The zero-order valence-corrected chi connectivity index (χ0v) is 19.5. The minimum Gasteiger partial charge on any atom is -0.545 e. The Bertz CT molecular complexity index is 1020. The normalized spacial score (nSPS) is 16.6. The van der Waals surface area contributed by atoms with Crippen LogP contribution in [-0.2, 0) is 14.3 Å². The molecule has 0 N–H and O–H groups in total. The molecule has 1 unspecified atom stereocenters. The fraction of sp³-hybridized carbons (Fsp3) is 0.778. The molecule has 0 spiro atoms. The van der Waals surface area contributed by atoms with E-state index in [-0.39, 0.29) is 26.8 Å². The standard InChI is InChI=1S/C18H13F19O4/c1-9(2,3)8(41-7(40)5-4-6(38)39)10(19,20)11(21,22)12(23,24)13(25,26)14(27,28)15(29,30)16(31,32)17(33,34)18(35,36)37/h4-5,8H,1-3H3,(H,38,39)/p-1/b5-4+. The van der Waals surface area contributed by atoms with Crippen LogP contribution in [0.25, 0.3) is 0 Å². The lowest BCUT2D eigenvalue weighted by atomic mass is 9.79. The average Bonchev–Trinajstić information content (AvgIpc) is 2.73. The first-order valence-corrected chi connectivity index (χ1v) is 9.63. The highest BCUT2D eigenvalue weighted by Crippen LogP contribution is 2.65. The predicted molar refractivity (Wildman–Crippen MR) is 89.1 cm³/mol. The van der Waals surface area contributed by atoms with Gasteiger partial charge in [-0.05, 0) is 6.08 Å². The summed E-state index contributed by atoms with van der Waals surface area (Å²) in [5.74, 6) is -73.3. The van der Waals surface area contributed by atoms with Gasteiger partial charge in [0.1, 0.15) is 0 Å². The number of alkyl halides is 19. The number of halogens is 19. The molecule has 0 fully saturated rings. The van der Waals surface area contributed by atoms with Gasteiger partial charge in [0.2, 0.25) is 0 Å². The van der Waals surface area contributed by atoms with Crippen LogP contribution < -0.4 is 5.11 Å². The first kappa shape index (κ1) is 38.4. The van der Waals surface area contributed by atoms with Crippen molar-refractivity contribution < 1.29 is 103 Å². The largest absolute Gasteiger partial charge is 0.545 e. The minimum atomic E-state index is -9.09. The molecule has 1 atom stereocenters. The summed E-state index contributed by atoms with van der Waals surface area (Å²) in [6, 6.07) is 0. The first-order valence-electron chi connectivity index (χ1n) is 9.63. The number of ether oxygens (including phenoxy) is 1. The lowest BCUT2D eigenvalue weighted by Crippen LogP contribution is -2.76. The summed E-state index contributed by atoms with van der Waals surface area (Å²) in [4.78, 5) is 21.6. The molecule has 0 aliphatic heterocycles. The van der Waals surface area contributed by atoms with Crippen molar-refractivity contribution in [3.63, 3.8) is 0 Å². The van der Waals surface area contributed by atoms with Gasteiger partial charge >= 0.3 is 59.5 Å². The minimum absolute atomic E-state index is 0.274. The van der Waals surface area contributed by atoms with Gasteiger partial charge in [0.05, 0.1) is 5.97 Å². The summed E-state index contributed by atoms with van der Waals surface area (Å²) in [5.41, 5.74) is -2.88. The second kappa shape index (κ2) is 10.3. The van der Waals surface area contributed by atoms with E-state index >= 15 is 0 Å². The molecule has 0 rings (SSSR count). The molecule has 0 radical (unpaired) electrons. The molecule has 0 aromatic rings. The van der Waals surface area contributed by atoms with Gasteiger partial charge in [-0.1, -0.05) is 20.8 Å². The Morgan fingerprint density at radius 3 is 1.10 bits per heavy atom. The second-order valence-corrected chi connectivity index (χ2v) is 8.98. The van der Waals surface area contributed by atoms with Crippen molar-refractivity contribution in [3.05, 3.63) is 12.2 Å². The van der Waals surface area contributed by atoms with Crippen LogP contribution in [0.1, 0.15) is 20.8 Å². The topological polar surface area (TPSA) is 66.4 Å². The summed E-state index contributed by atoms with van der Waals surface area (Å²) in [6.45, 7) is 0.822. The van der Waals surface area contributed by atoms with Crippen LogP contribution in [-0.4, -0.2) is 71.6 Å². The molecule has 0 aliphatic rings. The fourth-order valence-electron chi connectivity index (χ4n) is 2.62. The summed E-state index contributed by atoms with van der Waals surface area (Å²) < 4.78 is 260. The van der Waals surface area contributed by atoms with E-state index in [9.17, 15) is 98.1 Å². The Kier molecular flexibility index (Phi) is 9.60. The molecule has 0 bridgehead atoms. The highest BCUT2D eigenvalue weighted by molar-refractivity contribution is 5.90. The van der Waals surface area contributed by atoms with Gasteiger partial charge in [0.25, 0.3) is 0 Å². The molecule has 0 amide bonds. The van der Waals surface area contributed by atoms with Gasteiger partial charge in [0.15, 0.2) is 6.10 Å². The molecule has 0 aliphatic carbocycles. The number of aliphatic carboxylic acids is 1. The number of hydrogen-bond acceptors (Lipinski definition) is 4. The van der Waals surface area contributed by atoms with Crippen LogP contribution in [0.3, 0.4) is 0 Å². The molecule has 0 saturated heterocycles. The van der Waals surface area contributed by atoms with Crippen LogP contribution >= 0.6 is 0 Å². The Balaban J connectivity index is 7.17. The Labute approximate surface area is 214 Å². The zero-order valence-electron chi connectivity index (χ0n) is 19.5. The number of carboxylic acids is 1. The van der Waals surface area contributed by atoms with Crippen molar-refractivity contribution in [2.45, 2.75) is 80.4 Å². The lowest BCUT2D eigenvalue weighted by Gasteiger charge is -2.45. The summed E-state index contributed by atoms with van der Waals surface area (Å²) in [7, 11) is 0. The average molecular weight is 653 g/mol. The van der Waals surface area contributed by atoms with E-state index in [2.05, 4.69) is 4.74 Å². The number of carboxylic acid groups (broad SMARTS) is 1. The first-order chi connectivity index (χ1) is 17.4. The molecular formula is C18H12F19O4-. The smallest absolute Gasteiger partial charge is 0.460 e. The number of rotatable bonds is 11. The van der Waals surface area contributed by atoms with Gasteiger partial charge in [-0.2, -0.15) is 83.4 Å². The van der Waals surface area contributed by atoms with Crippen molar-refractivity contribution in [2.75, 3.05) is 0 Å². The third kappa shape index (κ3) is 5.72. The molecule has 23 heteroatoms. The van der Waals surface area contributed by atoms with E-state index in [1.54, 1.807) is 0 Å². The van der Waals surface area contributed by atoms with E-state index in [1.807, 2.05) is 0 Å². The molecule has 0 aromatic heterocycles. The van der Waals surface area contributed by atoms with Crippen LogP contribution in [0, 0.1) is 5.41 Å². The Morgan fingerprint density at radius 2 is 0.829 bits per heavy atom. The molecule has 0 heterocycles. The maximum absolute atomic E-state index is 14.6. The molecule has 4 nitrogen and oxygen atoms in total. The van der Waals surface area contributed by atoms with Gasteiger partial charge in [-0.25, -0.2) is 4.79 Å². The summed E-state index contributed by atoms with van der Waals surface area (Å²) in [6.07, 6.45) is -13.0. The van der Waals surface area contributed by atoms with E-state index in [4.69, 9.17) is 0 Å². The zero-order chi connectivity index (χ0) is 33.9. The summed E-state index contributed by atoms with van der Waals surface area (Å²) in [5, 5.41) is 10.2. The Morgan fingerprint density at radius 1 is 0.537 bits per heavy atom. The summed E-state index contributed by atoms with van der Waals surface area (Å²) >= 11 is 0. The van der Waals surface area contributed by atoms with E-state index < -0.39 is 83.1 Å². The van der Waals surface area contributed by atoms with E-state index in [1.165, 1.54) is 0 Å². The highest BCUT2D eigenvalue weighted by Gasteiger charge is 2.97. The van der Waals surface area contributed by atoms with E-state index in [0.29, 0.717) is 0 Å². The van der Waals surface area contributed by atoms with Crippen molar-refractivity contribution in [2.24, 2.45) is 5.41 Å². The maximum atomic E-state index is 14.6. The van der Waals surface area contributed by atoms with Crippen LogP contribution in [0.2, 0.25) is 0 Å². The lowest BCUT2D eigenvalue weighted by molar-refractivity contribution is -0.471. The van der Waals surface area contributed by atoms with Crippen molar-refractivity contribution in [3.8, 4) is 0 Å². The quantitative estimate of drug-likeness (QED) is 0.159. The van der Waals surface area contributed by atoms with Crippen LogP contribution in [0.5, 0.6) is 0 Å². The van der Waals surface area contributed by atoms with Crippen LogP contribution in [0.15, 0.2) is 12.2 Å². The van der Waals surface area contributed by atoms with Crippen LogP contribution in [0.4, 0.5) is 83.4 Å². The van der Waals surface area contributed by atoms with Crippen molar-refractivity contribution in [1.82, 2.24) is 0 Å². The number of hydrogen-bond donors (Lipinski definition) is 0. The monoisotopic (exact) mass is 653 g/mol. The molecule has 0 aromatic carbocycles. The number of carbonyl (C=O) groups excluding carboxylic acids is 2. The SMILES string of the molecule is CC(C)(C)C(OC(=O)/C=C/C(=O)[O-])C(F)(F)C(F)(F)C(F)(F)C(F)(F)C(F)(F)C(F)(F)C(F)(F)C(F)(F)C(F)(F)F. The molecule has 0 saturated carbocycles. The fourth-order valence-corrected chi connectivity index (χ4v) is 2.62. The third-order valence-corrected chi connectivity index (χ3v) is 4.85. The third-order valence-electron chi connectivity index (χ3n) is 4.85.